The van der Waals surface area contributed by atoms with E-state index in [0.717, 1.165) is 11.6 Å². The van der Waals surface area contributed by atoms with Gasteiger partial charge in [0.15, 0.2) is 11.6 Å². The van der Waals surface area contributed by atoms with Crippen molar-refractivity contribution in [3.8, 4) is 0 Å². The van der Waals surface area contributed by atoms with Gasteiger partial charge in [0.05, 0.1) is 11.0 Å². The van der Waals surface area contributed by atoms with Gasteiger partial charge in [0.2, 0.25) is 11.8 Å². The average Bonchev–Trinajstić information content (AvgIpc) is 3.44. The number of hydrogen-bond acceptors (Lipinski definition) is 5. The van der Waals surface area contributed by atoms with Gasteiger partial charge in [0.1, 0.15) is 18.4 Å². The van der Waals surface area contributed by atoms with E-state index >= 15 is 0 Å². The number of nitrogens with one attached hydrogen (secondary N) is 2. The van der Waals surface area contributed by atoms with Crippen LogP contribution in [0, 0.1) is 11.6 Å². The molecule has 3 atom stereocenters. The summed E-state index contributed by atoms with van der Waals surface area (Å²) in [7, 11) is 0. The number of halogens is 5. The molecule has 1 aromatic carbocycles. The number of likely N-dealkylation sites (tertiary alicyclic amines) is 1. The van der Waals surface area contributed by atoms with E-state index in [1.807, 2.05) is 0 Å². The van der Waals surface area contributed by atoms with Crippen LogP contribution in [0.3, 0.4) is 0 Å². The molecular formula is C28H22F5N5O3. The van der Waals surface area contributed by atoms with Crippen molar-refractivity contribution in [3.05, 3.63) is 88.4 Å². The van der Waals surface area contributed by atoms with Crippen molar-refractivity contribution in [2.24, 2.45) is 0 Å². The number of carbonyl (C=O) groups is 3. The Morgan fingerprint density at radius 2 is 1.93 bits per heavy atom. The molecule has 2 aromatic heterocycles. The molecule has 6 rings (SSSR count). The van der Waals surface area contributed by atoms with E-state index in [0.29, 0.717) is 28.4 Å². The van der Waals surface area contributed by atoms with Crippen LogP contribution in [0.5, 0.6) is 0 Å². The quantitative estimate of drug-likeness (QED) is 0.468. The van der Waals surface area contributed by atoms with E-state index in [-0.39, 0.29) is 29.9 Å². The molecule has 3 aromatic rings. The highest BCUT2D eigenvalue weighted by molar-refractivity contribution is 6.06. The molecule has 1 aliphatic carbocycles. The summed E-state index contributed by atoms with van der Waals surface area (Å²) in [5, 5.41) is 5.25. The normalized spacial score (nSPS) is 23.4. The lowest BCUT2D eigenvalue weighted by molar-refractivity contribution is -0.165. The first-order valence-electron chi connectivity index (χ1n) is 12.8. The number of fused-ring (bicyclic) bond motifs is 3. The average molecular weight is 572 g/mol. The Bertz CT molecular complexity index is 1600. The molecule has 13 heteroatoms. The van der Waals surface area contributed by atoms with Crippen molar-refractivity contribution in [3.63, 3.8) is 0 Å². The number of aromatic nitrogens is 2. The number of pyridine rings is 2. The van der Waals surface area contributed by atoms with Gasteiger partial charge in [-0.1, -0.05) is 18.2 Å². The molecule has 3 amide bonds. The zero-order valence-corrected chi connectivity index (χ0v) is 21.3. The Morgan fingerprint density at radius 1 is 1.12 bits per heavy atom. The lowest BCUT2D eigenvalue weighted by Crippen LogP contribution is -2.56. The maximum absolute atomic E-state index is 14.5. The monoisotopic (exact) mass is 571 g/mol. The predicted octanol–water partition coefficient (Wildman–Crippen LogP) is 3.42. The van der Waals surface area contributed by atoms with Gasteiger partial charge in [-0.25, -0.2) is 13.8 Å². The van der Waals surface area contributed by atoms with E-state index in [4.69, 9.17) is 0 Å². The van der Waals surface area contributed by atoms with Crippen molar-refractivity contribution in [2.75, 3.05) is 18.4 Å². The van der Waals surface area contributed by atoms with Crippen LogP contribution in [-0.2, 0) is 27.8 Å². The number of amides is 3. The van der Waals surface area contributed by atoms with E-state index in [1.165, 1.54) is 18.3 Å². The van der Waals surface area contributed by atoms with Crippen molar-refractivity contribution >= 4 is 23.5 Å². The van der Waals surface area contributed by atoms with Crippen LogP contribution in [0.2, 0.25) is 0 Å². The lowest BCUT2D eigenvalue weighted by Gasteiger charge is -2.38. The number of anilines is 1. The molecule has 0 unspecified atom stereocenters. The molecule has 0 radical (unpaired) electrons. The topological polar surface area (TPSA) is 104 Å². The maximum atomic E-state index is 14.5. The number of piperidine rings is 1. The second-order valence-corrected chi connectivity index (χ2v) is 10.6. The highest BCUT2D eigenvalue weighted by atomic mass is 19.4. The number of hydrogen-bond donors (Lipinski definition) is 2. The molecule has 4 heterocycles. The summed E-state index contributed by atoms with van der Waals surface area (Å²) in [6.45, 7) is -2.10. The molecule has 2 aliphatic heterocycles. The summed E-state index contributed by atoms with van der Waals surface area (Å²) < 4.78 is 68.2. The van der Waals surface area contributed by atoms with E-state index in [2.05, 4.69) is 20.6 Å². The van der Waals surface area contributed by atoms with Crippen LogP contribution in [0.4, 0.5) is 27.8 Å². The van der Waals surface area contributed by atoms with E-state index < -0.39 is 60.1 Å². The third-order valence-electron chi connectivity index (χ3n) is 7.94. The van der Waals surface area contributed by atoms with Gasteiger partial charge in [-0.3, -0.25) is 19.4 Å². The second-order valence-electron chi connectivity index (χ2n) is 10.6. The molecule has 2 N–H and O–H groups in total. The first-order valence-corrected chi connectivity index (χ1v) is 12.8. The molecule has 0 saturated carbocycles. The van der Waals surface area contributed by atoms with Crippen molar-refractivity contribution < 1.29 is 36.3 Å². The molecule has 8 nitrogen and oxygen atoms in total. The van der Waals surface area contributed by atoms with Crippen molar-refractivity contribution in [1.82, 2.24) is 20.2 Å². The fraction of sp³-hybridized carbons (Fsp3) is 0.321. The third kappa shape index (κ3) is 4.68. The Kier molecular flexibility index (Phi) is 6.27. The zero-order valence-electron chi connectivity index (χ0n) is 21.3. The van der Waals surface area contributed by atoms with Crippen LogP contribution in [0.15, 0.2) is 48.8 Å². The van der Waals surface area contributed by atoms with Crippen LogP contribution >= 0.6 is 0 Å². The summed E-state index contributed by atoms with van der Waals surface area (Å²) >= 11 is 0. The van der Waals surface area contributed by atoms with Crippen LogP contribution in [0.1, 0.15) is 45.1 Å². The van der Waals surface area contributed by atoms with E-state index in [9.17, 15) is 36.3 Å². The fourth-order valence-electron chi connectivity index (χ4n) is 6.06. The molecule has 41 heavy (non-hydrogen) atoms. The lowest BCUT2D eigenvalue weighted by atomic mass is 9.80. The minimum atomic E-state index is -4.74. The number of rotatable bonds is 4. The van der Waals surface area contributed by atoms with Gasteiger partial charge in [0.25, 0.3) is 5.91 Å². The number of alkyl halides is 3. The smallest absolute Gasteiger partial charge is 0.340 e. The molecule has 3 aliphatic rings. The van der Waals surface area contributed by atoms with Crippen LogP contribution < -0.4 is 10.6 Å². The first-order chi connectivity index (χ1) is 19.4. The Labute approximate surface area is 230 Å². The summed E-state index contributed by atoms with van der Waals surface area (Å²) in [5.74, 6) is -4.90. The third-order valence-corrected chi connectivity index (χ3v) is 7.94. The van der Waals surface area contributed by atoms with Crippen LogP contribution in [-0.4, -0.2) is 57.9 Å². The molecule has 1 saturated heterocycles. The molecule has 212 valence electrons. The Morgan fingerprint density at radius 3 is 2.71 bits per heavy atom. The summed E-state index contributed by atoms with van der Waals surface area (Å²) in [5.41, 5.74) is 0.909. The van der Waals surface area contributed by atoms with Gasteiger partial charge in [-0.2, -0.15) is 13.2 Å². The van der Waals surface area contributed by atoms with Gasteiger partial charge >= 0.3 is 6.18 Å². The van der Waals surface area contributed by atoms with Gasteiger partial charge < -0.3 is 15.5 Å². The van der Waals surface area contributed by atoms with Gasteiger partial charge in [-0.15, -0.1) is 0 Å². The predicted molar refractivity (Wildman–Crippen MR) is 134 cm³/mol. The fourth-order valence-corrected chi connectivity index (χ4v) is 6.06. The van der Waals surface area contributed by atoms with E-state index in [1.54, 1.807) is 24.4 Å². The zero-order chi connectivity index (χ0) is 29.1. The number of benzene rings is 1. The maximum Gasteiger partial charge on any atom is 0.406 e. The molecule has 1 spiro atoms. The molecule has 0 bridgehead atoms. The minimum absolute atomic E-state index is 0.0415. The standard InChI is InChI=1S/C28H22F5N5O3/c29-19-5-1-3-17(22(19)30)16-8-20(25(40)38(12-16)13-28(31,32)33)36-24(39)15-7-14-9-27(10-21(14)35-11-15)18-4-2-6-34-23(18)37-26(27)41/h1-7,11,16,20H,8-10,12-13H2,(H,36,39)(H,34,37,41)/t16-,20+,27+/m1/s1. The van der Waals surface area contributed by atoms with Gasteiger partial charge in [0, 0.05) is 42.5 Å². The highest BCUT2D eigenvalue weighted by Gasteiger charge is 2.52. The second kappa shape index (κ2) is 9.60. The Balaban J connectivity index is 1.25. The van der Waals surface area contributed by atoms with Crippen LogP contribution in [0.25, 0.3) is 0 Å². The highest BCUT2D eigenvalue weighted by Crippen LogP contribution is 2.46. The minimum Gasteiger partial charge on any atom is -0.340 e. The Hall–Kier alpha value is -4.42. The summed E-state index contributed by atoms with van der Waals surface area (Å²) in [6, 6.07) is 7.00. The van der Waals surface area contributed by atoms with Crippen molar-refractivity contribution in [1.29, 1.82) is 0 Å². The SMILES string of the molecule is O=C(N[C@H]1C[C@@H](c2cccc(F)c2F)CN(CC(F)(F)F)C1=O)c1cnc2c(c1)C[C@@]1(C2)C(=O)Nc2ncccc21. The number of nitrogens with zero attached hydrogens (tertiary/aromatic N) is 3. The summed E-state index contributed by atoms with van der Waals surface area (Å²) in [6.07, 6.45) is -1.59. The largest absolute Gasteiger partial charge is 0.406 e. The summed E-state index contributed by atoms with van der Waals surface area (Å²) in [4.78, 5) is 48.2. The molecule has 1 fully saturated rings. The van der Waals surface area contributed by atoms with Crippen molar-refractivity contribution in [2.45, 2.75) is 42.8 Å². The number of carbonyl (C=O) groups excluding carboxylic acids is 3. The first kappa shape index (κ1) is 26.8. The molecular weight excluding hydrogens is 549 g/mol. The van der Waals surface area contributed by atoms with Gasteiger partial charge in [-0.05, 0) is 42.2 Å².